The highest BCUT2D eigenvalue weighted by atomic mass is 35.5. The lowest BCUT2D eigenvalue weighted by Gasteiger charge is -2.03. The number of benzene rings is 1. The van der Waals surface area contributed by atoms with E-state index in [0.29, 0.717) is 27.5 Å². The number of fused-ring (bicyclic) bond motifs is 1. The van der Waals surface area contributed by atoms with Crippen LogP contribution in [0.15, 0.2) is 36.4 Å². The average Bonchev–Trinajstić information content (AvgIpc) is 2.82. The van der Waals surface area contributed by atoms with Gasteiger partial charge in [-0.3, -0.25) is 4.79 Å². The van der Waals surface area contributed by atoms with Crippen molar-refractivity contribution >= 4 is 28.4 Å². The van der Waals surface area contributed by atoms with Gasteiger partial charge in [0.2, 0.25) is 0 Å². The molecule has 0 aliphatic rings. The fraction of sp³-hybridized carbons (Fsp3) is 0.125. The normalized spacial score (nSPS) is 10.8. The molecule has 1 N–H and O–H groups in total. The highest BCUT2D eigenvalue weighted by molar-refractivity contribution is 6.30. The molecule has 2 aromatic heterocycles. The van der Waals surface area contributed by atoms with Crippen molar-refractivity contribution in [3.63, 3.8) is 0 Å². The molecule has 0 amide bonds. The average molecular weight is 301 g/mol. The maximum atomic E-state index is 12.7. The molecule has 3 rings (SSSR count). The topological polar surface area (TPSA) is 55.0 Å². The van der Waals surface area contributed by atoms with Gasteiger partial charge in [0.25, 0.3) is 0 Å². The van der Waals surface area contributed by atoms with Crippen molar-refractivity contribution in [3.05, 3.63) is 58.4 Å². The number of hydrogen-bond donors (Lipinski definition) is 1. The number of pyridine rings is 1. The zero-order valence-corrected chi connectivity index (χ0v) is 12.4. The van der Waals surface area contributed by atoms with Crippen LogP contribution in [0.5, 0.6) is 5.75 Å². The largest absolute Gasteiger partial charge is 0.497 e. The molecule has 0 bridgehead atoms. The van der Waals surface area contributed by atoms with Gasteiger partial charge in [-0.05, 0) is 43.3 Å². The molecule has 106 valence electrons. The van der Waals surface area contributed by atoms with Crippen LogP contribution < -0.4 is 4.74 Å². The van der Waals surface area contributed by atoms with E-state index in [2.05, 4.69) is 9.97 Å². The van der Waals surface area contributed by atoms with Gasteiger partial charge in [0.15, 0.2) is 5.78 Å². The first kappa shape index (κ1) is 13.6. The summed E-state index contributed by atoms with van der Waals surface area (Å²) in [6, 6.07) is 10.5. The minimum absolute atomic E-state index is 0.0869. The van der Waals surface area contributed by atoms with Crippen molar-refractivity contribution in [2.45, 2.75) is 6.92 Å². The Bertz CT molecular complexity index is 822. The van der Waals surface area contributed by atoms with Crippen molar-refractivity contribution in [1.29, 1.82) is 0 Å². The number of carbonyl (C=O) groups is 1. The molecule has 5 heteroatoms. The number of nitrogens with zero attached hydrogens (tertiary/aromatic N) is 1. The molecule has 0 aliphatic carbocycles. The first-order chi connectivity index (χ1) is 10.1. The standard InChI is InChI=1S/C16H13ClN2O2/c1-9-14(15-12(18-9)7-8-13(17)19-15)16(20)10-3-5-11(21-2)6-4-10/h3-8,18H,1-2H3. The summed E-state index contributed by atoms with van der Waals surface area (Å²) in [6.45, 7) is 1.85. The Balaban J connectivity index is 2.12. The third-order valence-corrected chi connectivity index (χ3v) is 3.59. The molecule has 0 aliphatic heterocycles. The summed E-state index contributed by atoms with van der Waals surface area (Å²) in [5.74, 6) is 0.625. The number of ketones is 1. The van der Waals surface area contributed by atoms with E-state index < -0.39 is 0 Å². The van der Waals surface area contributed by atoms with E-state index in [4.69, 9.17) is 16.3 Å². The number of ether oxygens (including phenoxy) is 1. The predicted octanol–water partition coefficient (Wildman–Crippen LogP) is 3.76. The highest BCUT2D eigenvalue weighted by Gasteiger charge is 2.19. The lowest BCUT2D eigenvalue weighted by atomic mass is 10.0. The van der Waals surface area contributed by atoms with E-state index in [9.17, 15) is 4.79 Å². The first-order valence-corrected chi connectivity index (χ1v) is 6.81. The lowest BCUT2D eigenvalue weighted by molar-refractivity contribution is 0.103. The lowest BCUT2D eigenvalue weighted by Crippen LogP contribution is -2.03. The second-order valence-corrected chi connectivity index (χ2v) is 5.10. The van der Waals surface area contributed by atoms with Crippen molar-refractivity contribution in [1.82, 2.24) is 9.97 Å². The zero-order chi connectivity index (χ0) is 15.0. The van der Waals surface area contributed by atoms with E-state index in [-0.39, 0.29) is 5.78 Å². The third kappa shape index (κ3) is 2.38. The molecule has 0 saturated heterocycles. The van der Waals surface area contributed by atoms with Gasteiger partial charge in [-0.15, -0.1) is 0 Å². The van der Waals surface area contributed by atoms with Crippen LogP contribution in [0.3, 0.4) is 0 Å². The summed E-state index contributed by atoms with van der Waals surface area (Å²) in [7, 11) is 1.59. The number of carbonyl (C=O) groups excluding carboxylic acids is 1. The molecular formula is C16H13ClN2O2. The van der Waals surface area contributed by atoms with E-state index in [1.807, 2.05) is 13.0 Å². The van der Waals surface area contributed by atoms with Gasteiger partial charge < -0.3 is 9.72 Å². The Kier molecular flexibility index (Phi) is 3.39. The summed E-state index contributed by atoms with van der Waals surface area (Å²) in [5, 5.41) is 0.366. The number of hydrogen-bond acceptors (Lipinski definition) is 3. The van der Waals surface area contributed by atoms with Crippen molar-refractivity contribution < 1.29 is 9.53 Å². The van der Waals surface area contributed by atoms with Crippen LogP contribution >= 0.6 is 11.6 Å². The van der Waals surface area contributed by atoms with Gasteiger partial charge in [-0.2, -0.15) is 0 Å². The second kappa shape index (κ2) is 5.22. The molecule has 0 saturated carbocycles. The van der Waals surface area contributed by atoms with E-state index >= 15 is 0 Å². The molecule has 0 atom stereocenters. The Morgan fingerprint density at radius 1 is 1.19 bits per heavy atom. The number of methoxy groups -OCH3 is 1. The molecule has 0 unspecified atom stereocenters. The monoisotopic (exact) mass is 300 g/mol. The van der Waals surface area contributed by atoms with Crippen molar-refractivity contribution in [2.24, 2.45) is 0 Å². The van der Waals surface area contributed by atoms with Crippen LogP contribution in [-0.4, -0.2) is 22.9 Å². The minimum Gasteiger partial charge on any atom is -0.497 e. The number of aromatic amines is 1. The predicted molar refractivity (Wildman–Crippen MR) is 82.3 cm³/mol. The molecule has 0 fully saturated rings. The minimum atomic E-state index is -0.0869. The van der Waals surface area contributed by atoms with E-state index in [1.54, 1.807) is 37.4 Å². The van der Waals surface area contributed by atoms with Gasteiger partial charge in [0, 0.05) is 11.3 Å². The van der Waals surface area contributed by atoms with Gasteiger partial charge >= 0.3 is 0 Å². The van der Waals surface area contributed by atoms with Crippen molar-refractivity contribution in [3.8, 4) is 5.75 Å². The number of aromatic nitrogens is 2. The van der Waals surface area contributed by atoms with Crippen LogP contribution in [0.4, 0.5) is 0 Å². The quantitative estimate of drug-likeness (QED) is 0.592. The number of rotatable bonds is 3. The summed E-state index contributed by atoms with van der Waals surface area (Å²) in [5.41, 5.74) is 3.31. The van der Waals surface area contributed by atoms with Gasteiger partial charge in [0.05, 0.1) is 18.2 Å². The molecule has 21 heavy (non-hydrogen) atoms. The maximum absolute atomic E-state index is 12.7. The fourth-order valence-corrected chi connectivity index (χ4v) is 2.48. The van der Waals surface area contributed by atoms with Gasteiger partial charge in [-0.25, -0.2) is 4.98 Å². The highest BCUT2D eigenvalue weighted by Crippen LogP contribution is 2.25. The van der Waals surface area contributed by atoms with Crippen LogP contribution in [0, 0.1) is 6.92 Å². The number of nitrogens with one attached hydrogen (secondary N) is 1. The van der Waals surface area contributed by atoms with E-state index in [0.717, 1.165) is 11.2 Å². The zero-order valence-electron chi connectivity index (χ0n) is 11.6. The molecule has 3 aromatic rings. The maximum Gasteiger partial charge on any atom is 0.197 e. The van der Waals surface area contributed by atoms with Crippen LogP contribution in [-0.2, 0) is 0 Å². The second-order valence-electron chi connectivity index (χ2n) is 4.71. The number of H-pyrrole nitrogens is 1. The number of halogens is 1. The SMILES string of the molecule is COc1ccc(C(=O)c2c(C)[nH]c3ccc(Cl)nc23)cc1. The Morgan fingerprint density at radius 2 is 1.90 bits per heavy atom. The molecule has 0 radical (unpaired) electrons. The van der Waals surface area contributed by atoms with Crippen LogP contribution in [0.25, 0.3) is 11.0 Å². The Hall–Kier alpha value is -2.33. The molecule has 0 spiro atoms. The first-order valence-electron chi connectivity index (χ1n) is 6.43. The molecule has 1 aromatic carbocycles. The van der Waals surface area contributed by atoms with Gasteiger partial charge in [0.1, 0.15) is 16.4 Å². The van der Waals surface area contributed by atoms with Gasteiger partial charge in [-0.1, -0.05) is 11.6 Å². The van der Waals surface area contributed by atoms with Crippen molar-refractivity contribution in [2.75, 3.05) is 7.11 Å². The summed E-state index contributed by atoms with van der Waals surface area (Å²) in [4.78, 5) is 20.1. The molecular weight excluding hydrogens is 288 g/mol. The Morgan fingerprint density at radius 3 is 2.57 bits per heavy atom. The summed E-state index contributed by atoms with van der Waals surface area (Å²) >= 11 is 5.94. The number of aryl methyl sites for hydroxylation is 1. The Labute approximate surface area is 126 Å². The van der Waals surface area contributed by atoms with Crippen LogP contribution in [0.2, 0.25) is 5.15 Å². The summed E-state index contributed by atoms with van der Waals surface area (Å²) < 4.78 is 5.10. The molecule has 4 nitrogen and oxygen atoms in total. The molecule has 2 heterocycles. The summed E-state index contributed by atoms with van der Waals surface area (Å²) in [6.07, 6.45) is 0. The third-order valence-electron chi connectivity index (χ3n) is 3.37. The van der Waals surface area contributed by atoms with E-state index in [1.165, 1.54) is 0 Å². The fourth-order valence-electron chi connectivity index (χ4n) is 2.33. The smallest absolute Gasteiger partial charge is 0.197 e. The van der Waals surface area contributed by atoms with Crippen LogP contribution in [0.1, 0.15) is 21.6 Å².